The van der Waals surface area contributed by atoms with Gasteiger partial charge in [-0.15, -0.1) is 11.7 Å². The lowest BCUT2D eigenvalue weighted by atomic mass is 9.82. The quantitative estimate of drug-likeness (QED) is 0.510. The molecule has 3 aromatic rings. The van der Waals surface area contributed by atoms with Gasteiger partial charge in [-0.3, -0.25) is 4.79 Å². The second-order valence-electron chi connectivity index (χ2n) is 6.09. The molecule has 1 aliphatic rings. The zero-order chi connectivity index (χ0) is 18.1. The van der Waals surface area contributed by atoms with E-state index in [1.54, 1.807) is 23.9 Å². The van der Waals surface area contributed by atoms with Crippen LogP contribution in [0.1, 0.15) is 34.0 Å². The van der Waals surface area contributed by atoms with Crippen molar-refractivity contribution >= 4 is 23.3 Å². The molecule has 26 heavy (non-hydrogen) atoms. The van der Waals surface area contributed by atoms with E-state index in [4.69, 9.17) is 4.74 Å². The number of carbonyl (C=O) groups excluding carboxylic acids is 1. The van der Waals surface area contributed by atoms with Crippen LogP contribution in [-0.4, -0.2) is 38.2 Å². The minimum Gasteiger partial charge on any atom is -0.496 e. The van der Waals surface area contributed by atoms with Gasteiger partial charge in [-0.05, 0) is 18.1 Å². The van der Waals surface area contributed by atoms with Crippen LogP contribution in [0.5, 0.6) is 5.75 Å². The molecule has 7 heteroatoms. The van der Waals surface area contributed by atoms with Crippen molar-refractivity contribution < 1.29 is 9.53 Å². The number of aromatic nitrogens is 4. The highest BCUT2D eigenvalue weighted by Crippen LogP contribution is 2.36. The molecule has 0 saturated carbocycles. The predicted octanol–water partition coefficient (Wildman–Crippen LogP) is 3.32. The van der Waals surface area contributed by atoms with Crippen LogP contribution in [0.15, 0.2) is 48.3 Å². The maximum absolute atomic E-state index is 12.7. The smallest absolute Gasteiger partial charge is 0.253 e. The molecule has 0 spiro atoms. The van der Waals surface area contributed by atoms with Crippen LogP contribution in [-0.2, 0) is 6.42 Å². The molecule has 0 N–H and O–H groups in total. The van der Waals surface area contributed by atoms with E-state index < -0.39 is 0 Å². The van der Waals surface area contributed by atoms with Crippen molar-refractivity contribution in [2.24, 2.45) is 0 Å². The van der Waals surface area contributed by atoms with Crippen molar-refractivity contribution in [3.8, 4) is 5.75 Å². The molecule has 1 aliphatic carbocycles. The van der Waals surface area contributed by atoms with Crippen LogP contribution in [0.25, 0.3) is 5.78 Å². The van der Waals surface area contributed by atoms with Crippen LogP contribution in [0.4, 0.5) is 0 Å². The maximum Gasteiger partial charge on any atom is 0.253 e. The third kappa shape index (κ3) is 2.88. The molecule has 1 atom stereocenters. The number of hydrogen-bond donors (Lipinski definition) is 0. The van der Waals surface area contributed by atoms with Crippen LogP contribution in [0.2, 0.25) is 0 Å². The summed E-state index contributed by atoms with van der Waals surface area (Å²) in [4.78, 5) is 21.5. The second-order valence-corrected chi connectivity index (χ2v) is 7.08. The Labute approximate surface area is 155 Å². The largest absolute Gasteiger partial charge is 0.496 e. The highest BCUT2D eigenvalue weighted by Gasteiger charge is 2.30. The SMILES string of the molecule is C=CCSc1nc2ncc3c(n2n1)CC(c1ccccc1OC)CC3=O. The van der Waals surface area contributed by atoms with Crippen LogP contribution in [0.3, 0.4) is 0 Å². The lowest BCUT2D eigenvalue weighted by Crippen LogP contribution is -2.22. The number of thioether (sulfide) groups is 1. The van der Waals surface area contributed by atoms with Gasteiger partial charge in [0, 0.05) is 24.3 Å². The Kier molecular flexibility index (Phi) is 4.46. The zero-order valence-electron chi connectivity index (χ0n) is 14.4. The topological polar surface area (TPSA) is 69.4 Å². The Morgan fingerprint density at radius 3 is 3.04 bits per heavy atom. The van der Waals surface area contributed by atoms with Gasteiger partial charge in [-0.2, -0.15) is 9.50 Å². The Morgan fingerprint density at radius 1 is 1.38 bits per heavy atom. The molecule has 0 amide bonds. The van der Waals surface area contributed by atoms with Gasteiger partial charge in [0.15, 0.2) is 5.78 Å². The zero-order valence-corrected chi connectivity index (χ0v) is 15.2. The number of ketones is 1. The first-order chi connectivity index (χ1) is 12.7. The molecule has 6 nitrogen and oxygen atoms in total. The summed E-state index contributed by atoms with van der Waals surface area (Å²) in [5.74, 6) is 2.17. The van der Waals surface area contributed by atoms with E-state index in [0.717, 1.165) is 22.8 Å². The summed E-state index contributed by atoms with van der Waals surface area (Å²) in [6.45, 7) is 3.71. The number of fused-ring (bicyclic) bond motifs is 3. The Bertz CT molecular complexity index is 998. The van der Waals surface area contributed by atoms with Crippen LogP contribution >= 0.6 is 11.8 Å². The summed E-state index contributed by atoms with van der Waals surface area (Å²) in [7, 11) is 1.65. The summed E-state index contributed by atoms with van der Waals surface area (Å²) in [5, 5.41) is 5.18. The number of Topliss-reactive ketones (excluding diaryl/α,β-unsaturated/α-hetero) is 1. The number of carbonyl (C=O) groups is 1. The van der Waals surface area contributed by atoms with Gasteiger partial charge < -0.3 is 4.74 Å². The molecule has 0 radical (unpaired) electrons. The average Bonchev–Trinajstić information content (AvgIpc) is 3.09. The normalized spacial score (nSPS) is 16.5. The number of nitrogens with zero attached hydrogens (tertiary/aromatic N) is 4. The molecule has 2 aromatic heterocycles. The monoisotopic (exact) mass is 366 g/mol. The van der Waals surface area contributed by atoms with Gasteiger partial charge in [0.2, 0.25) is 5.16 Å². The van der Waals surface area contributed by atoms with Gasteiger partial charge in [-0.25, -0.2) is 4.98 Å². The van der Waals surface area contributed by atoms with Gasteiger partial charge in [0.05, 0.1) is 18.4 Å². The van der Waals surface area contributed by atoms with E-state index in [0.29, 0.717) is 29.3 Å². The third-order valence-electron chi connectivity index (χ3n) is 4.53. The Hall–Kier alpha value is -2.67. The van der Waals surface area contributed by atoms with Crippen molar-refractivity contribution in [1.82, 2.24) is 19.6 Å². The number of ether oxygens (including phenoxy) is 1. The maximum atomic E-state index is 12.7. The average molecular weight is 366 g/mol. The minimum atomic E-state index is 0.0465. The molecule has 0 fully saturated rings. The molecule has 0 saturated heterocycles. The number of rotatable bonds is 5. The van der Waals surface area contributed by atoms with E-state index >= 15 is 0 Å². The molecule has 0 aliphatic heterocycles. The summed E-state index contributed by atoms with van der Waals surface area (Å²) in [6.07, 6.45) is 4.56. The lowest BCUT2D eigenvalue weighted by Gasteiger charge is -2.25. The van der Waals surface area contributed by atoms with Crippen LogP contribution < -0.4 is 4.74 Å². The third-order valence-corrected chi connectivity index (χ3v) is 5.36. The second kappa shape index (κ2) is 6.92. The molecule has 1 aromatic carbocycles. The first-order valence-electron chi connectivity index (χ1n) is 8.35. The Balaban J connectivity index is 1.77. The molecular formula is C19H18N4O2S. The fraction of sp³-hybridized carbons (Fsp3) is 0.263. The summed E-state index contributed by atoms with van der Waals surface area (Å²) < 4.78 is 7.20. The van der Waals surface area contributed by atoms with Gasteiger partial charge in [0.1, 0.15) is 5.75 Å². The first kappa shape index (κ1) is 16.8. The van der Waals surface area contributed by atoms with Gasteiger partial charge >= 0.3 is 0 Å². The van der Waals surface area contributed by atoms with Gasteiger partial charge in [0.25, 0.3) is 5.78 Å². The minimum absolute atomic E-state index is 0.0465. The van der Waals surface area contributed by atoms with E-state index in [2.05, 4.69) is 21.6 Å². The summed E-state index contributed by atoms with van der Waals surface area (Å²) >= 11 is 1.49. The van der Waals surface area contributed by atoms with Crippen molar-refractivity contribution in [3.63, 3.8) is 0 Å². The number of hydrogen-bond acceptors (Lipinski definition) is 6. The fourth-order valence-corrected chi connectivity index (χ4v) is 3.90. The molecule has 0 bridgehead atoms. The number of benzene rings is 1. The standard InChI is InChI=1S/C19H18N4O2S/c1-3-8-26-19-21-18-20-11-14-15(23(18)22-19)9-12(10-16(14)24)13-6-4-5-7-17(13)25-2/h3-7,11-12H,1,8-10H2,2H3. The summed E-state index contributed by atoms with van der Waals surface area (Å²) in [5.41, 5.74) is 2.54. The van der Waals surface area contributed by atoms with Crippen molar-refractivity contribution in [2.45, 2.75) is 23.9 Å². The van der Waals surface area contributed by atoms with Crippen molar-refractivity contribution in [2.75, 3.05) is 12.9 Å². The van der Waals surface area contributed by atoms with E-state index in [1.165, 1.54) is 11.8 Å². The molecule has 4 rings (SSSR count). The lowest BCUT2D eigenvalue weighted by molar-refractivity contribution is 0.0961. The van der Waals surface area contributed by atoms with Crippen molar-refractivity contribution in [1.29, 1.82) is 0 Å². The number of methoxy groups -OCH3 is 1. The highest BCUT2D eigenvalue weighted by atomic mass is 32.2. The van der Waals surface area contributed by atoms with Crippen molar-refractivity contribution in [3.05, 3.63) is 59.9 Å². The summed E-state index contributed by atoms with van der Waals surface area (Å²) in [6, 6.07) is 7.85. The molecular weight excluding hydrogens is 348 g/mol. The Morgan fingerprint density at radius 2 is 2.23 bits per heavy atom. The van der Waals surface area contributed by atoms with E-state index in [-0.39, 0.29) is 11.7 Å². The molecule has 132 valence electrons. The van der Waals surface area contributed by atoms with Crippen LogP contribution in [0, 0.1) is 0 Å². The first-order valence-corrected chi connectivity index (χ1v) is 9.34. The molecule has 1 unspecified atom stereocenters. The predicted molar refractivity (Wildman–Crippen MR) is 100 cm³/mol. The van der Waals surface area contributed by atoms with E-state index in [1.807, 2.05) is 24.3 Å². The van der Waals surface area contributed by atoms with Gasteiger partial charge in [-0.1, -0.05) is 36.0 Å². The van der Waals surface area contributed by atoms with E-state index in [9.17, 15) is 4.79 Å². The highest BCUT2D eigenvalue weighted by molar-refractivity contribution is 7.99. The fourth-order valence-electron chi connectivity index (χ4n) is 3.35. The molecule has 2 heterocycles. The number of para-hydroxylation sites is 1.